The van der Waals surface area contributed by atoms with Gasteiger partial charge in [-0.05, 0) is 18.2 Å². The van der Waals surface area contributed by atoms with Gasteiger partial charge in [0.15, 0.2) is 11.6 Å². The number of aromatic nitrogens is 4. The number of hydrogen-bond donors (Lipinski definition) is 0. The van der Waals surface area contributed by atoms with E-state index in [0.717, 1.165) is 12.1 Å². The van der Waals surface area contributed by atoms with Gasteiger partial charge in [0.2, 0.25) is 0 Å². The van der Waals surface area contributed by atoms with Crippen LogP contribution in [0.4, 0.5) is 13.2 Å². The van der Waals surface area contributed by atoms with Crippen LogP contribution in [-0.2, 0) is 11.3 Å². The van der Waals surface area contributed by atoms with Crippen molar-refractivity contribution < 1.29 is 27.4 Å². The van der Waals surface area contributed by atoms with Gasteiger partial charge in [0.05, 0.1) is 34.9 Å². The molecule has 0 spiro atoms. The van der Waals surface area contributed by atoms with Gasteiger partial charge in [0, 0.05) is 18.8 Å². The quantitative estimate of drug-likeness (QED) is 0.538. The van der Waals surface area contributed by atoms with E-state index in [1.165, 1.54) is 6.20 Å². The number of pyridine rings is 1. The van der Waals surface area contributed by atoms with Gasteiger partial charge in [0.25, 0.3) is 5.91 Å². The first kappa shape index (κ1) is 21.9. The number of benzene rings is 1. The number of amides is 1. The van der Waals surface area contributed by atoms with Crippen LogP contribution >= 0.6 is 23.2 Å². The van der Waals surface area contributed by atoms with Crippen molar-refractivity contribution in [3.8, 4) is 17.3 Å². The molecule has 33 heavy (non-hydrogen) atoms. The third kappa shape index (κ3) is 4.00. The molecule has 0 saturated carbocycles. The van der Waals surface area contributed by atoms with Gasteiger partial charge in [0.1, 0.15) is 17.5 Å². The molecule has 8 nitrogen and oxygen atoms in total. The standard InChI is InChI=1S/C20H14Cl2F3N5O3/c21-13-3-1-2-12(16(13)22)19(31)30-10-7-29-17(27-28-18(29)15(30)9-32-8-10)14-6-11(4-5-26-14)33-20(23,24)25/h1-6,10,15H,7-9H2. The lowest BCUT2D eigenvalue weighted by Gasteiger charge is -2.45. The number of ether oxygens (including phenoxy) is 2. The van der Waals surface area contributed by atoms with E-state index < -0.39 is 18.2 Å². The Morgan fingerprint density at radius 2 is 2.00 bits per heavy atom. The molecule has 2 aliphatic rings. The van der Waals surface area contributed by atoms with Crippen LogP contribution in [0.2, 0.25) is 10.0 Å². The van der Waals surface area contributed by atoms with Crippen LogP contribution in [0, 0.1) is 0 Å². The molecule has 1 amide bonds. The van der Waals surface area contributed by atoms with Crippen molar-refractivity contribution in [1.82, 2.24) is 24.6 Å². The molecule has 2 atom stereocenters. The Balaban J connectivity index is 1.51. The SMILES string of the molecule is O=C(c1cccc(Cl)c1Cl)N1C2COCC1c1nnc(-c3cc(OC(F)(F)F)ccn3)n1C2. The van der Waals surface area contributed by atoms with Crippen LogP contribution in [0.5, 0.6) is 5.75 Å². The van der Waals surface area contributed by atoms with Crippen molar-refractivity contribution in [3.63, 3.8) is 0 Å². The van der Waals surface area contributed by atoms with Gasteiger partial charge >= 0.3 is 6.36 Å². The van der Waals surface area contributed by atoms with Gasteiger partial charge in [-0.3, -0.25) is 9.78 Å². The first-order valence-corrected chi connectivity index (χ1v) is 10.5. The molecular formula is C20H14Cl2F3N5O3. The maximum Gasteiger partial charge on any atom is 0.573 e. The Labute approximate surface area is 194 Å². The van der Waals surface area contributed by atoms with Gasteiger partial charge in [-0.1, -0.05) is 29.3 Å². The van der Waals surface area contributed by atoms with Crippen LogP contribution < -0.4 is 4.74 Å². The summed E-state index contributed by atoms with van der Waals surface area (Å²) in [6.45, 7) is 0.676. The maximum atomic E-state index is 13.4. The highest BCUT2D eigenvalue weighted by Crippen LogP contribution is 2.37. The van der Waals surface area contributed by atoms with E-state index in [4.69, 9.17) is 27.9 Å². The predicted molar refractivity (Wildman–Crippen MR) is 110 cm³/mol. The normalized spacial score (nSPS) is 19.8. The molecule has 2 unspecified atom stereocenters. The molecule has 5 rings (SSSR count). The minimum Gasteiger partial charge on any atom is -0.406 e. The van der Waals surface area contributed by atoms with Crippen molar-refractivity contribution in [2.75, 3.05) is 13.2 Å². The molecule has 2 aliphatic heterocycles. The summed E-state index contributed by atoms with van der Waals surface area (Å²) in [5.41, 5.74) is 0.417. The van der Waals surface area contributed by atoms with Crippen molar-refractivity contribution in [2.45, 2.75) is 25.0 Å². The smallest absolute Gasteiger partial charge is 0.406 e. The lowest BCUT2D eigenvalue weighted by Crippen LogP contribution is -2.56. The second-order valence-electron chi connectivity index (χ2n) is 7.44. The Kier molecular flexibility index (Phi) is 5.42. The second kappa shape index (κ2) is 8.15. The Bertz CT molecular complexity index is 1240. The summed E-state index contributed by atoms with van der Waals surface area (Å²) in [5.74, 6) is -0.0503. The molecule has 1 aromatic carbocycles. The number of hydrogen-bond acceptors (Lipinski definition) is 6. The zero-order valence-electron chi connectivity index (χ0n) is 16.6. The molecule has 1 fully saturated rings. The monoisotopic (exact) mass is 499 g/mol. The minimum absolute atomic E-state index is 0.154. The van der Waals surface area contributed by atoms with E-state index in [-0.39, 0.29) is 58.8 Å². The summed E-state index contributed by atoms with van der Waals surface area (Å²) in [6, 6.07) is 6.10. The van der Waals surface area contributed by atoms with E-state index in [1.54, 1.807) is 27.7 Å². The summed E-state index contributed by atoms with van der Waals surface area (Å²) in [5, 5.41) is 8.76. The van der Waals surface area contributed by atoms with Crippen LogP contribution in [0.3, 0.4) is 0 Å². The molecule has 3 aromatic rings. The highest BCUT2D eigenvalue weighted by atomic mass is 35.5. The summed E-state index contributed by atoms with van der Waals surface area (Å²) >= 11 is 12.3. The van der Waals surface area contributed by atoms with E-state index in [2.05, 4.69) is 19.9 Å². The number of halogens is 5. The summed E-state index contributed by atoms with van der Waals surface area (Å²) in [6.07, 6.45) is -3.64. The highest BCUT2D eigenvalue weighted by Gasteiger charge is 2.44. The molecule has 172 valence electrons. The molecule has 0 aliphatic carbocycles. The zero-order valence-corrected chi connectivity index (χ0v) is 18.1. The van der Waals surface area contributed by atoms with Crippen LogP contribution in [-0.4, -0.2) is 56.2 Å². The zero-order chi connectivity index (χ0) is 23.3. The van der Waals surface area contributed by atoms with Crippen molar-refractivity contribution in [1.29, 1.82) is 0 Å². The van der Waals surface area contributed by atoms with Gasteiger partial charge in [-0.25, -0.2) is 0 Å². The average molecular weight is 500 g/mol. The van der Waals surface area contributed by atoms with E-state index >= 15 is 0 Å². The Morgan fingerprint density at radius 3 is 2.79 bits per heavy atom. The molecular weight excluding hydrogens is 486 g/mol. The van der Waals surface area contributed by atoms with Gasteiger partial charge in [-0.2, -0.15) is 0 Å². The lowest BCUT2D eigenvalue weighted by atomic mass is 10.0. The first-order valence-electron chi connectivity index (χ1n) is 9.72. The summed E-state index contributed by atoms with van der Waals surface area (Å²) in [4.78, 5) is 19.2. The number of carbonyl (C=O) groups is 1. The number of alkyl halides is 3. The molecule has 0 N–H and O–H groups in total. The van der Waals surface area contributed by atoms with Crippen LogP contribution in [0.1, 0.15) is 22.2 Å². The van der Waals surface area contributed by atoms with Crippen molar-refractivity contribution >= 4 is 29.1 Å². The van der Waals surface area contributed by atoms with E-state index in [0.29, 0.717) is 5.82 Å². The molecule has 4 heterocycles. The fourth-order valence-electron chi connectivity index (χ4n) is 4.06. The van der Waals surface area contributed by atoms with Crippen molar-refractivity contribution in [2.24, 2.45) is 0 Å². The number of rotatable bonds is 3. The van der Waals surface area contributed by atoms with Crippen LogP contribution in [0.25, 0.3) is 11.5 Å². The predicted octanol–water partition coefficient (Wildman–Crippen LogP) is 4.14. The Morgan fingerprint density at radius 1 is 1.18 bits per heavy atom. The highest BCUT2D eigenvalue weighted by molar-refractivity contribution is 6.43. The second-order valence-corrected chi connectivity index (χ2v) is 8.22. The topological polar surface area (TPSA) is 82.4 Å². The molecule has 0 radical (unpaired) electrons. The van der Waals surface area contributed by atoms with E-state index in [9.17, 15) is 18.0 Å². The van der Waals surface area contributed by atoms with Gasteiger partial charge in [-0.15, -0.1) is 23.4 Å². The van der Waals surface area contributed by atoms with Crippen LogP contribution in [0.15, 0.2) is 36.5 Å². The third-order valence-corrected chi connectivity index (χ3v) is 6.22. The molecule has 2 aromatic heterocycles. The summed E-state index contributed by atoms with van der Waals surface area (Å²) < 4.78 is 49.2. The molecule has 13 heteroatoms. The first-order chi connectivity index (χ1) is 15.7. The minimum atomic E-state index is -4.83. The number of carbonyl (C=O) groups excluding carboxylic acids is 1. The maximum absolute atomic E-state index is 13.4. The third-order valence-electron chi connectivity index (χ3n) is 5.40. The molecule has 1 saturated heterocycles. The number of nitrogens with zero attached hydrogens (tertiary/aromatic N) is 5. The fourth-order valence-corrected chi connectivity index (χ4v) is 4.44. The van der Waals surface area contributed by atoms with E-state index in [1.807, 2.05) is 0 Å². The average Bonchev–Trinajstić information content (AvgIpc) is 3.17. The van der Waals surface area contributed by atoms with Gasteiger partial charge < -0.3 is 18.9 Å². The largest absolute Gasteiger partial charge is 0.573 e. The number of fused-ring (bicyclic) bond motifs is 4. The summed E-state index contributed by atoms with van der Waals surface area (Å²) in [7, 11) is 0. The fraction of sp³-hybridized carbons (Fsp3) is 0.300. The van der Waals surface area contributed by atoms with Crippen molar-refractivity contribution in [3.05, 3.63) is 58.0 Å². The number of morpholine rings is 1. The molecule has 2 bridgehead atoms. The Hall–Kier alpha value is -2.89. The lowest BCUT2D eigenvalue weighted by molar-refractivity contribution is -0.274.